The van der Waals surface area contributed by atoms with Gasteiger partial charge in [-0.15, -0.1) is 4.91 Å². The van der Waals surface area contributed by atoms with E-state index in [1.165, 1.54) is 11.5 Å². The molecule has 4 aromatic rings. The van der Waals surface area contributed by atoms with Crippen LogP contribution in [0, 0.1) is 4.91 Å². The van der Waals surface area contributed by atoms with E-state index in [1.807, 2.05) is 59.0 Å². The minimum Gasteiger partial charge on any atom is -0.267 e. The lowest BCUT2D eigenvalue weighted by Gasteiger charge is -2.07. The van der Waals surface area contributed by atoms with Gasteiger partial charge < -0.3 is 0 Å². The number of imidazole rings is 1. The highest BCUT2D eigenvalue weighted by molar-refractivity contribution is 7.11. The Labute approximate surface area is 124 Å². The van der Waals surface area contributed by atoms with E-state index in [0.717, 1.165) is 21.6 Å². The molecule has 4 rings (SSSR count). The molecule has 0 aliphatic carbocycles. The second-order valence-electron chi connectivity index (χ2n) is 4.68. The van der Waals surface area contributed by atoms with Crippen molar-refractivity contribution in [3.05, 3.63) is 70.9 Å². The number of nitrogens with zero attached hydrogens (tertiary/aromatic N) is 4. The normalized spacial score (nSPS) is 12.8. The Morgan fingerprint density at radius 1 is 1.05 bits per heavy atom. The van der Waals surface area contributed by atoms with Crippen LogP contribution in [0.2, 0.25) is 0 Å². The third-order valence-electron chi connectivity index (χ3n) is 3.45. The second kappa shape index (κ2) is 4.75. The summed E-state index contributed by atoms with van der Waals surface area (Å²) in [4.78, 5) is 16.7. The summed E-state index contributed by atoms with van der Waals surface area (Å²) in [5.74, 6) is 0.616. The summed E-state index contributed by atoms with van der Waals surface area (Å²) >= 11 is 1.28. The van der Waals surface area contributed by atoms with Gasteiger partial charge in [0.25, 0.3) is 0 Å². The molecule has 102 valence electrons. The highest BCUT2D eigenvalue weighted by atomic mass is 32.1. The van der Waals surface area contributed by atoms with Crippen LogP contribution in [0.15, 0.2) is 59.8 Å². The van der Waals surface area contributed by atoms with Gasteiger partial charge in [-0.05, 0) is 17.7 Å². The quantitative estimate of drug-likeness (QED) is 0.540. The molecular formula is C15H10N4OS. The van der Waals surface area contributed by atoms with E-state index in [9.17, 15) is 4.91 Å². The van der Waals surface area contributed by atoms with E-state index in [-0.39, 0.29) is 0 Å². The summed E-state index contributed by atoms with van der Waals surface area (Å²) in [7, 11) is 0. The predicted octanol–water partition coefficient (Wildman–Crippen LogP) is 3.80. The molecule has 0 spiro atoms. The molecule has 0 N–H and O–H groups in total. The van der Waals surface area contributed by atoms with Gasteiger partial charge in [0, 0.05) is 11.5 Å². The molecule has 0 amide bonds. The maximum absolute atomic E-state index is 11.4. The van der Waals surface area contributed by atoms with Gasteiger partial charge in [-0.2, -0.15) is 4.37 Å². The van der Waals surface area contributed by atoms with E-state index >= 15 is 0 Å². The third-order valence-corrected chi connectivity index (χ3v) is 4.16. The average molecular weight is 294 g/mol. The molecule has 0 saturated heterocycles. The minimum absolute atomic E-state index is 0.616. The third kappa shape index (κ3) is 1.84. The van der Waals surface area contributed by atoms with Crippen molar-refractivity contribution in [3.8, 4) is 0 Å². The number of benzene rings is 2. The molecule has 0 aliphatic heterocycles. The summed E-state index contributed by atoms with van der Waals surface area (Å²) in [6.07, 6.45) is 0. The Morgan fingerprint density at radius 2 is 1.81 bits per heavy atom. The van der Waals surface area contributed by atoms with Crippen LogP contribution in [-0.4, -0.2) is 13.8 Å². The van der Waals surface area contributed by atoms with Gasteiger partial charge in [-0.1, -0.05) is 47.6 Å². The molecule has 2 aromatic carbocycles. The molecule has 2 heterocycles. The standard InChI is InChI=1S/C15H10N4OS/c20-17-13(10-6-2-1-3-7-10)14-18-21-15-16-11-8-4-5-9-12(11)19(14)15/h1-9,13H. The van der Waals surface area contributed by atoms with Crippen molar-refractivity contribution >= 4 is 27.5 Å². The van der Waals surface area contributed by atoms with E-state index in [2.05, 4.69) is 14.5 Å². The zero-order valence-electron chi connectivity index (χ0n) is 10.9. The Bertz CT molecular complexity index is 929. The number of hydrogen-bond donors (Lipinski definition) is 0. The molecule has 0 fully saturated rings. The highest BCUT2D eigenvalue weighted by Gasteiger charge is 2.22. The summed E-state index contributed by atoms with van der Waals surface area (Å²) < 4.78 is 6.32. The molecule has 0 aliphatic rings. The SMILES string of the molecule is O=NC(c1ccccc1)c1nsc2nc3ccccc3n12. The number of hydrogen-bond acceptors (Lipinski definition) is 5. The van der Waals surface area contributed by atoms with E-state index in [4.69, 9.17) is 0 Å². The average Bonchev–Trinajstić information content (AvgIpc) is 3.09. The summed E-state index contributed by atoms with van der Waals surface area (Å²) in [6, 6.07) is 16.7. The lowest BCUT2D eigenvalue weighted by Crippen LogP contribution is -2.02. The Hall–Kier alpha value is -2.60. The maximum Gasteiger partial charge on any atom is 0.214 e. The Morgan fingerprint density at radius 3 is 2.62 bits per heavy atom. The lowest BCUT2D eigenvalue weighted by atomic mass is 10.1. The van der Waals surface area contributed by atoms with Gasteiger partial charge in [0.05, 0.1) is 11.0 Å². The Kier molecular flexibility index (Phi) is 2.75. The van der Waals surface area contributed by atoms with Crippen molar-refractivity contribution in [2.24, 2.45) is 5.18 Å². The monoisotopic (exact) mass is 294 g/mol. The summed E-state index contributed by atoms with van der Waals surface area (Å²) in [6.45, 7) is 0. The molecule has 0 saturated carbocycles. The molecule has 2 aromatic heterocycles. The number of para-hydroxylation sites is 2. The first-order valence-corrected chi connectivity index (χ1v) is 7.26. The van der Waals surface area contributed by atoms with E-state index in [1.54, 1.807) is 0 Å². The minimum atomic E-state index is -0.627. The van der Waals surface area contributed by atoms with Crippen LogP contribution in [0.4, 0.5) is 0 Å². The maximum atomic E-state index is 11.4. The predicted molar refractivity (Wildman–Crippen MR) is 82.5 cm³/mol. The number of fused-ring (bicyclic) bond motifs is 3. The highest BCUT2D eigenvalue weighted by Crippen LogP contribution is 2.30. The van der Waals surface area contributed by atoms with Gasteiger partial charge in [0.15, 0.2) is 11.9 Å². The van der Waals surface area contributed by atoms with Crippen LogP contribution in [-0.2, 0) is 0 Å². The van der Waals surface area contributed by atoms with Gasteiger partial charge in [-0.25, -0.2) is 4.98 Å². The van der Waals surface area contributed by atoms with Crippen LogP contribution in [0.25, 0.3) is 16.0 Å². The van der Waals surface area contributed by atoms with Crippen molar-refractivity contribution < 1.29 is 0 Å². The van der Waals surface area contributed by atoms with Crippen LogP contribution in [0.5, 0.6) is 0 Å². The fourth-order valence-electron chi connectivity index (χ4n) is 2.48. The number of aromatic nitrogens is 3. The number of nitroso groups, excluding NO2 is 1. The fraction of sp³-hybridized carbons (Fsp3) is 0.0667. The van der Waals surface area contributed by atoms with Gasteiger partial charge in [0.2, 0.25) is 4.96 Å². The van der Waals surface area contributed by atoms with Crippen molar-refractivity contribution in [1.82, 2.24) is 13.8 Å². The van der Waals surface area contributed by atoms with Crippen molar-refractivity contribution in [2.75, 3.05) is 0 Å². The van der Waals surface area contributed by atoms with E-state index < -0.39 is 6.04 Å². The first-order chi connectivity index (χ1) is 10.4. The molecule has 0 radical (unpaired) electrons. The summed E-state index contributed by atoms with van der Waals surface area (Å²) in [5.41, 5.74) is 2.67. The largest absolute Gasteiger partial charge is 0.267 e. The first kappa shape index (κ1) is 12.2. The van der Waals surface area contributed by atoms with Crippen LogP contribution in [0.1, 0.15) is 17.4 Å². The topological polar surface area (TPSA) is 59.6 Å². The summed E-state index contributed by atoms with van der Waals surface area (Å²) in [5, 5.41) is 3.28. The van der Waals surface area contributed by atoms with Gasteiger partial charge in [0.1, 0.15) is 0 Å². The van der Waals surface area contributed by atoms with Gasteiger partial charge in [-0.3, -0.25) is 4.40 Å². The van der Waals surface area contributed by atoms with Crippen LogP contribution >= 0.6 is 11.5 Å². The first-order valence-electron chi connectivity index (χ1n) is 6.48. The molecule has 5 nitrogen and oxygen atoms in total. The van der Waals surface area contributed by atoms with Crippen LogP contribution in [0.3, 0.4) is 0 Å². The molecule has 0 bridgehead atoms. The zero-order valence-corrected chi connectivity index (χ0v) is 11.7. The van der Waals surface area contributed by atoms with Crippen molar-refractivity contribution in [2.45, 2.75) is 6.04 Å². The zero-order chi connectivity index (χ0) is 14.2. The number of rotatable bonds is 3. The smallest absolute Gasteiger partial charge is 0.214 e. The molecule has 6 heteroatoms. The Balaban J connectivity index is 1.99. The van der Waals surface area contributed by atoms with Gasteiger partial charge >= 0.3 is 0 Å². The van der Waals surface area contributed by atoms with Crippen LogP contribution < -0.4 is 0 Å². The lowest BCUT2D eigenvalue weighted by molar-refractivity contribution is 0.786. The second-order valence-corrected chi connectivity index (χ2v) is 5.41. The van der Waals surface area contributed by atoms with E-state index in [0.29, 0.717) is 5.82 Å². The van der Waals surface area contributed by atoms with Crippen molar-refractivity contribution in [1.29, 1.82) is 0 Å². The van der Waals surface area contributed by atoms with Crippen molar-refractivity contribution in [3.63, 3.8) is 0 Å². The molecule has 21 heavy (non-hydrogen) atoms. The molecular weight excluding hydrogens is 284 g/mol. The fourth-order valence-corrected chi connectivity index (χ4v) is 3.25. The molecule has 1 unspecified atom stereocenters. The molecule has 1 atom stereocenters.